The quantitative estimate of drug-likeness (QED) is 0.407. The minimum atomic E-state index is 0.160. The van der Waals surface area contributed by atoms with E-state index in [1.165, 1.54) is 11.1 Å². The average Bonchev–Trinajstić information content (AvgIpc) is 3.40. The van der Waals surface area contributed by atoms with Crippen LogP contribution in [-0.2, 0) is 12.2 Å². The molecule has 0 N–H and O–H groups in total. The number of aryl methyl sites for hydroxylation is 1. The molecule has 4 rings (SSSR count). The maximum atomic E-state index is 4.72. The zero-order chi connectivity index (χ0) is 20.2. The topological polar surface area (TPSA) is 61.4 Å². The maximum absolute atomic E-state index is 4.72. The molecule has 0 saturated carbocycles. The van der Waals surface area contributed by atoms with Crippen molar-refractivity contribution in [3.8, 4) is 17.1 Å². The molecule has 148 valence electrons. The van der Waals surface area contributed by atoms with Gasteiger partial charge in [-0.2, -0.15) is 9.90 Å². The van der Waals surface area contributed by atoms with Gasteiger partial charge in [0.2, 0.25) is 5.82 Å². The third-order valence-corrected chi connectivity index (χ3v) is 5.82. The third kappa shape index (κ3) is 4.10. The van der Waals surface area contributed by atoms with Gasteiger partial charge in [-0.3, -0.25) is 0 Å². The maximum Gasteiger partial charge on any atom is 0.209 e. The molecule has 0 aliphatic heterocycles. The van der Waals surface area contributed by atoms with Crippen molar-refractivity contribution < 1.29 is 0 Å². The first-order valence-corrected chi connectivity index (χ1v) is 10.8. The number of rotatable bonds is 7. The van der Waals surface area contributed by atoms with Crippen LogP contribution in [0.4, 0.5) is 0 Å². The molecule has 0 spiro atoms. The second-order valence-electron chi connectivity index (χ2n) is 7.06. The number of thioether (sulfide) groups is 1. The number of nitrogens with zero attached hydrogens (tertiary/aromatic N) is 6. The number of tetrazole rings is 1. The van der Waals surface area contributed by atoms with E-state index in [4.69, 9.17) is 5.10 Å². The summed E-state index contributed by atoms with van der Waals surface area (Å²) in [4.78, 5) is 1.64. The summed E-state index contributed by atoms with van der Waals surface area (Å²) in [5, 5.41) is 18.8. The Labute approximate surface area is 175 Å². The van der Waals surface area contributed by atoms with Gasteiger partial charge >= 0.3 is 0 Å². The molecule has 6 nitrogen and oxygen atoms in total. The molecule has 0 bridgehead atoms. The van der Waals surface area contributed by atoms with E-state index in [0.717, 1.165) is 28.5 Å². The predicted molar refractivity (Wildman–Crippen MR) is 116 cm³/mol. The number of benzene rings is 2. The Morgan fingerprint density at radius 3 is 2.48 bits per heavy atom. The monoisotopic (exact) mass is 404 g/mol. The smallest absolute Gasteiger partial charge is 0.209 e. The van der Waals surface area contributed by atoms with Gasteiger partial charge in [0.1, 0.15) is 5.03 Å². The van der Waals surface area contributed by atoms with Crippen molar-refractivity contribution >= 4 is 11.8 Å². The molecule has 4 aromatic rings. The van der Waals surface area contributed by atoms with Gasteiger partial charge in [-0.1, -0.05) is 55.5 Å². The van der Waals surface area contributed by atoms with Gasteiger partial charge in [-0.15, -0.1) is 22.0 Å². The lowest BCUT2D eigenvalue weighted by Gasteiger charge is -2.12. The molecule has 0 unspecified atom stereocenters. The molecule has 0 aliphatic carbocycles. The summed E-state index contributed by atoms with van der Waals surface area (Å²) in [6.07, 6.45) is 2.79. The van der Waals surface area contributed by atoms with E-state index in [9.17, 15) is 0 Å². The lowest BCUT2D eigenvalue weighted by atomic mass is 10.1. The van der Waals surface area contributed by atoms with E-state index in [1.54, 1.807) is 16.6 Å². The lowest BCUT2D eigenvalue weighted by Crippen LogP contribution is -2.05. The highest BCUT2D eigenvalue weighted by Crippen LogP contribution is 2.34. The van der Waals surface area contributed by atoms with Crippen LogP contribution in [0.2, 0.25) is 0 Å². The molecule has 0 aliphatic rings. The third-order valence-electron chi connectivity index (χ3n) is 4.68. The van der Waals surface area contributed by atoms with Gasteiger partial charge in [0, 0.05) is 5.75 Å². The standard InChI is InChI=1S/C22H24N6S/c1-4-18-12-8-9-13-20(18)27-22(29-15-17-10-6-5-7-11-17)19(14-23-27)21-24-26-28(25-21)16(2)3/h5-14,16H,4,15H2,1-3H3. The minimum absolute atomic E-state index is 0.160. The van der Waals surface area contributed by atoms with Crippen LogP contribution in [0.25, 0.3) is 17.1 Å². The Morgan fingerprint density at radius 2 is 1.76 bits per heavy atom. The first-order chi connectivity index (χ1) is 14.2. The molecule has 0 atom stereocenters. The van der Waals surface area contributed by atoms with Crippen LogP contribution < -0.4 is 0 Å². The number of para-hydroxylation sites is 1. The van der Waals surface area contributed by atoms with Crippen LogP contribution in [0.15, 0.2) is 65.8 Å². The van der Waals surface area contributed by atoms with Crippen LogP contribution in [0, 0.1) is 0 Å². The summed E-state index contributed by atoms with van der Waals surface area (Å²) in [7, 11) is 0. The molecule has 7 heteroatoms. The minimum Gasteiger partial charge on any atom is -0.226 e. The lowest BCUT2D eigenvalue weighted by molar-refractivity contribution is 0.455. The highest BCUT2D eigenvalue weighted by molar-refractivity contribution is 7.98. The zero-order valence-electron chi connectivity index (χ0n) is 16.9. The van der Waals surface area contributed by atoms with E-state index in [2.05, 4.69) is 70.9 Å². The second-order valence-corrected chi connectivity index (χ2v) is 8.02. The highest BCUT2D eigenvalue weighted by Gasteiger charge is 2.20. The Kier molecular flexibility index (Phi) is 5.76. The largest absolute Gasteiger partial charge is 0.226 e. The summed E-state index contributed by atoms with van der Waals surface area (Å²) in [5.74, 6) is 1.45. The van der Waals surface area contributed by atoms with Crippen LogP contribution in [0.1, 0.15) is 37.9 Å². The van der Waals surface area contributed by atoms with Gasteiger partial charge in [0.05, 0.1) is 23.5 Å². The summed E-state index contributed by atoms with van der Waals surface area (Å²) < 4.78 is 2.01. The van der Waals surface area contributed by atoms with Gasteiger partial charge < -0.3 is 0 Å². The Morgan fingerprint density at radius 1 is 1.00 bits per heavy atom. The van der Waals surface area contributed by atoms with Gasteiger partial charge in [-0.25, -0.2) is 4.68 Å². The fraction of sp³-hybridized carbons (Fsp3) is 0.273. The van der Waals surface area contributed by atoms with E-state index in [0.29, 0.717) is 5.82 Å². The Balaban J connectivity index is 1.77. The number of aromatic nitrogens is 6. The molecule has 2 aromatic carbocycles. The summed E-state index contributed by atoms with van der Waals surface area (Å²) in [6.45, 7) is 6.24. The van der Waals surface area contributed by atoms with Crippen LogP contribution in [-0.4, -0.2) is 30.0 Å². The van der Waals surface area contributed by atoms with Crippen LogP contribution in [0.3, 0.4) is 0 Å². The van der Waals surface area contributed by atoms with Gasteiger partial charge in [0.15, 0.2) is 0 Å². The first kappa shape index (κ1) is 19.4. The molecule has 2 aromatic heterocycles. The van der Waals surface area contributed by atoms with Crippen LogP contribution in [0.5, 0.6) is 0 Å². The van der Waals surface area contributed by atoms with E-state index in [-0.39, 0.29) is 6.04 Å². The van der Waals surface area contributed by atoms with Crippen molar-refractivity contribution in [3.63, 3.8) is 0 Å². The summed E-state index contributed by atoms with van der Waals surface area (Å²) in [5.41, 5.74) is 4.51. The Bertz CT molecular complexity index is 1080. The SMILES string of the molecule is CCc1ccccc1-n1ncc(-c2nnn(C(C)C)n2)c1SCc1ccccc1. The molecular formula is C22H24N6S. The highest BCUT2D eigenvalue weighted by atomic mass is 32.2. The summed E-state index contributed by atoms with van der Waals surface area (Å²) >= 11 is 1.74. The van der Waals surface area contributed by atoms with Crippen molar-refractivity contribution in [3.05, 3.63) is 71.9 Å². The van der Waals surface area contributed by atoms with Crippen molar-refractivity contribution in [2.75, 3.05) is 0 Å². The molecular weight excluding hydrogens is 380 g/mol. The van der Waals surface area contributed by atoms with Crippen molar-refractivity contribution in [2.45, 2.75) is 44.0 Å². The fourth-order valence-corrected chi connectivity index (χ4v) is 4.16. The van der Waals surface area contributed by atoms with E-state index >= 15 is 0 Å². The average molecular weight is 405 g/mol. The fourth-order valence-electron chi connectivity index (χ4n) is 3.10. The van der Waals surface area contributed by atoms with E-state index in [1.807, 2.05) is 30.8 Å². The first-order valence-electron chi connectivity index (χ1n) is 9.80. The normalized spacial score (nSPS) is 11.3. The van der Waals surface area contributed by atoms with Crippen molar-refractivity contribution in [1.29, 1.82) is 0 Å². The number of hydrogen-bond donors (Lipinski definition) is 0. The molecule has 0 amide bonds. The van der Waals surface area contributed by atoms with Crippen LogP contribution >= 0.6 is 11.8 Å². The molecule has 0 radical (unpaired) electrons. The zero-order valence-corrected chi connectivity index (χ0v) is 17.7. The van der Waals surface area contributed by atoms with Crippen molar-refractivity contribution in [1.82, 2.24) is 30.0 Å². The summed E-state index contributed by atoms with van der Waals surface area (Å²) in [6, 6.07) is 19.0. The van der Waals surface area contributed by atoms with Gasteiger partial charge in [-0.05, 0) is 42.7 Å². The molecule has 0 saturated heterocycles. The molecule has 29 heavy (non-hydrogen) atoms. The van der Waals surface area contributed by atoms with Crippen molar-refractivity contribution in [2.24, 2.45) is 0 Å². The predicted octanol–water partition coefficient (Wildman–Crippen LogP) is 4.96. The van der Waals surface area contributed by atoms with E-state index < -0.39 is 0 Å². The second kappa shape index (κ2) is 8.61. The molecule has 0 fully saturated rings. The molecule has 2 heterocycles. The van der Waals surface area contributed by atoms with Gasteiger partial charge in [0.25, 0.3) is 0 Å². The Hall–Kier alpha value is -2.93. The number of hydrogen-bond acceptors (Lipinski definition) is 5.